The van der Waals surface area contributed by atoms with Crippen molar-refractivity contribution in [3.05, 3.63) is 33.1 Å². The number of anilines is 1. The van der Waals surface area contributed by atoms with Crippen molar-refractivity contribution in [3.8, 4) is 0 Å². The lowest BCUT2D eigenvalue weighted by molar-refractivity contribution is -0.122. The first-order valence-corrected chi connectivity index (χ1v) is 11.3. The molecule has 0 unspecified atom stereocenters. The van der Waals surface area contributed by atoms with Gasteiger partial charge in [-0.2, -0.15) is 0 Å². The van der Waals surface area contributed by atoms with Crippen LogP contribution in [0, 0.1) is 5.92 Å². The number of nitrogens with zero attached hydrogens (tertiary/aromatic N) is 2. The molecule has 1 fully saturated rings. The van der Waals surface area contributed by atoms with E-state index in [1.807, 2.05) is 36.9 Å². The third-order valence-electron chi connectivity index (χ3n) is 4.59. The average molecular weight is 467 g/mol. The standard InChI is InChI=1S/C20H23BrN2O2S2/c1-4-5-6-9-22-15-8-7-13(21)10-14(15)16(18(22)24)17-19(25)23(11-12(2)3)20(26)27-17/h7-8,10,12H,4-6,9,11H2,1-3H3/b17-16-. The van der Waals surface area contributed by atoms with Crippen LogP contribution in [0.1, 0.15) is 45.6 Å². The molecule has 2 amide bonds. The fraction of sp³-hybridized carbons (Fsp3) is 0.450. The smallest absolute Gasteiger partial charge is 0.267 e. The molecule has 1 aromatic rings. The molecule has 1 aromatic carbocycles. The first-order valence-electron chi connectivity index (χ1n) is 9.24. The van der Waals surface area contributed by atoms with Gasteiger partial charge >= 0.3 is 0 Å². The highest BCUT2D eigenvalue weighted by Gasteiger charge is 2.41. The topological polar surface area (TPSA) is 40.6 Å². The molecule has 0 aliphatic carbocycles. The van der Waals surface area contributed by atoms with Crippen LogP contribution in [0.15, 0.2) is 27.6 Å². The molecule has 2 heterocycles. The lowest BCUT2D eigenvalue weighted by Crippen LogP contribution is -2.32. The summed E-state index contributed by atoms with van der Waals surface area (Å²) in [5.74, 6) is 0.0655. The molecule has 0 N–H and O–H groups in total. The summed E-state index contributed by atoms with van der Waals surface area (Å²) in [5, 5.41) is 0. The molecule has 7 heteroatoms. The van der Waals surface area contributed by atoms with Gasteiger partial charge in [-0.3, -0.25) is 14.5 Å². The molecule has 0 atom stereocenters. The maximum absolute atomic E-state index is 13.3. The predicted molar refractivity (Wildman–Crippen MR) is 120 cm³/mol. The van der Waals surface area contributed by atoms with E-state index in [0.29, 0.717) is 33.8 Å². The summed E-state index contributed by atoms with van der Waals surface area (Å²) < 4.78 is 1.42. The number of benzene rings is 1. The van der Waals surface area contributed by atoms with Gasteiger partial charge in [0.15, 0.2) is 0 Å². The van der Waals surface area contributed by atoms with Crippen LogP contribution in [0.4, 0.5) is 5.69 Å². The van der Waals surface area contributed by atoms with Crippen LogP contribution < -0.4 is 4.90 Å². The van der Waals surface area contributed by atoms with Gasteiger partial charge in [-0.05, 0) is 30.5 Å². The summed E-state index contributed by atoms with van der Waals surface area (Å²) in [6, 6.07) is 5.81. The van der Waals surface area contributed by atoms with Gasteiger partial charge in [0.1, 0.15) is 4.32 Å². The van der Waals surface area contributed by atoms with E-state index in [-0.39, 0.29) is 11.8 Å². The number of fused-ring (bicyclic) bond motifs is 1. The van der Waals surface area contributed by atoms with Crippen LogP contribution in [0.5, 0.6) is 0 Å². The maximum atomic E-state index is 13.3. The summed E-state index contributed by atoms with van der Waals surface area (Å²) in [5.41, 5.74) is 2.19. The number of rotatable bonds is 6. The molecule has 0 aromatic heterocycles. The van der Waals surface area contributed by atoms with Gasteiger partial charge in [-0.15, -0.1) is 0 Å². The van der Waals surface area contributed by atoms with E-state index >= 15 is 0 Å². The zero-order valence-electron chi connectivity index (χ0n) is 15.8. The molecule has 2 aliphatic rings. The van der Waals surface area contributed by atoms with Crippen LogP contribution in [0.25, 0.3) is 5.57 Å². The van der Waals surface area contributed by atoms with Crippen molar-refractivity contribution in [2.24, 2.45) is 5.92 Å². The lowest BCUT2D eigenvalue weighted by atomic mass is 10.1. The SMILES string of the molecule is CCCCCN1C(=O)/C(=C2\SC(=S)N(CC(C)C)C2=O)c2cc(Br)ccc21. The summed E-state index contributed by atoms with van der Waals surface area (Å²) in [7, 11) is 0. The van der Waals surface area contributed by atoms with Crippen molar-refractivity contribution in [1.29, 1.82) is 0 Å². The highest BCUT2D eigenvalue weighted by Crippen LogP contribution is 2.45. The molecule has 144 valence electrons. The van der Waals surface area contributed by atoms with Gasteiger partial charge in [0, 0.05) is 23.1 Å². The number of unbranched alkanes of at least 4 members (excludes halogenated alkanes) is 2. The molecule has 2 aliphatic heterocycles. The van der Waals surface area contributed by atoms with E-state index in [2.05, 4.69) is 22.9 Å². The number of carbonyl (C=O) groups is 2. The summed E-state index contributed by atoms with van der Waals surface area (Å²) in [4.78, 5) is 30.2. The van der Waals surface area contributed by atoms with Gasteiger partial charge in [0.2, 0.25) is 0 Å². The number of amides is 2. The van der Waals surface area contributed by atoms with Crippen molar-refractivity contribution in [2.75, 3.05) is 18.0 Å². The minimum Gasteiger partial charge on any atom is -0.308 e. The van der Waals surface area contributed by atoms with Crippen LogP contribution in [0.3, 0.4) is 0 Å². The Hall–Kier alpha value is -1.18. The van der Waals surface area contributed by atoms with Gasteiger partial charge in [0.05, 0.1) is 16.2 Å². The number of hydrogen-bond donors (Lipinski definition) is 0. The van der Waals surface area contributed by atoms with E-state index in [1.165, 1.54) is 11.8 Å². The number of thiocarbonyl (C=S) groups is 1. The lowest BCUT2D eigenvalue weighted by Gasteiger charge is -2.17. The molecule has 4 nitrogen and oxygen atoms in total. The first kappa shape index (κ1) is 20.6. The Balaban J connectivity index is 2.04. The molecule has 1 saturated heterocycles. The largest absolute Gasteiger partial charge is 0.308 e. The normalized spacial score (nSPS) is 19.7. The fourth-order valence-corrected chi connectivity index (χ4v) is 5.04. The quantitative estimate of drug-likeness (QED) is 0.327. The number of carbonyl (C=O) groups excluding carboxylic acids is 2. The third kappa shape index (κ3) is 4.00. The molecule has 27 heavy (non-hydrogen) atoms. The monoisotopic (exact) mass is 466 g/mol. The predicted octanol–water partition coefficient (Wildman–Crippen LogP) is 5.21. The van der Waals surface area contributed by atoms with Gasteiger partial charge < -0.3 is 4.90 Å². The molecular formula is C20H23BrN2O2S2. The molecular weight excluding hydrogens is 444 g/mol. The fourth-order valence-electron chi connectivity index (χ4n) is 3.34. The summed E-state index contributed by atoms with van der Waals surface area (Å²) in [6.07, 6.45) is 3.11. The Morgan fingerprint density at radius 3 is 2.56 bits per heavy atom. The molecule has 3 rings (SSSR count). The molecule has 0 bridgehead atoms. The van der Waals surface area contributed by atoms with E-state index < -0.39 is 0 Å². The van der Waals surface area contributed by atoms with Gasteiger partial charge in [-0.25, -0.2) is 0 Å². The van der Waals surface area contributed by atoms with E-state index in [0.717, 1.165) is 35.0 Å². The third-order valence-corrected chi connectivity index (χ3v) is 6.53. The Kier molecular flexibility index (Phi) is 6.43. The Morgan fingerprint density at radius 2 is 1.89 bits per heavy atom. The average Bonchev–Trinajstić information content (AvgIpc) is 3.02. The minimum absolute atomic E-state index is 0.0933. The molecule has 0 saturated carbocycles. The number of thioether (sulfide) groups is 1. The second-order valence-electron chi connectivity index (χ2n) is 7.21. The zero-order valence-corrected chi connectivity index (χ0v) is 19.0. The van der Waals surface area contributed by atoms with E-state index in [9.17, 15) is 9.59 Å². The maximum Gasteiger partial charge on any atom is 0.267 e. The Labute approximate surface area is 178 Å². The van der Waals surface area contributed by atoms with Crippen molar-refractivity contribution in [2.45, 2.75) is 40.0 Å². The number of hydrogen-bond acceptors (Lipinski definition) is 4. The molecule has 0 spiro atoms. The number of halogens is 1. The van der Waals surface area contributed by atoms with Crippen LogP contribution in [0.2, 0.25) is 0 Å². The van der Waals surface area contributed by atoms with Crippen molar-refractivity contribution in [3.63, 3.8) is 0 Å². The van der Waals surface area contributed by atoms with Crippen LogP contribution in [-0.2, 0) is 9.59 Å². The van der Waals surface area contributed by atoms with E-state index in [4.69, 9.17) is 12.2 Å². The van der Waals surface area contributed by atoms with Crippen LogP contribution in [-0.4, -0.2) is 34.1 Å². The second-order valence-corrected chi connectivity index (χ2v) is 9.77. The first-order chi connectivity index (χ1) is 12.8. The van der Waals surface area contributed by atoms with E-state index in [1.54, 1.807) is 4.90 Å². The Morgan fingerprint density at radius 1 is 1.15 bits per heavy atom. The van der Waals surface area contributed by atoms with Crippen LogP contribution >= 0.6 is 39.9 Å². The summed E-state index contributed by atoms with van der Waals surface area (Å²) >= 11 is 10.2. The van der Waals surface area contributed by atoms with Gasteiger partial charge in [-0.1, -0.05) is 73.5 Å². The highest BCUT2D eigenvalue weighted by atomic mass is 79.9. The highest BCUT2D eigenvalue weighted by molar-refractivity contribution is 9.10. The second kappa shape index (κ2) is 8.45. The van der Waals surface area contributed by atoms with Crippen molar-refractivity contribution in [1.82, 2.24) is 4.90 Å². The van der Waals surface area contributed by atoms with Crippen molar-refractivity contribution < 1.29 is 9.59 Å². The molecule has 0 radical (unpaired) electrons. The van der Waals surface area contributed by atoms with Crippen molar-refractivity contribution >= 4 is 67.3 Å². The van der Waals surface area contributed by atoms with Gasteiger partial charge in [0.25, 0.3) is 11.8 Å². The summed E-state index contributed by atoms with van der Waals surface area (Å²) in [6.45, 7) is 7.48. The zero-order chi connectivity index (χ0) is 19.7. The minimum atomic E-state index is -0.150. The Bertz CT molecular complexity index is 835.